The highest BCUT2D eigenvalue weighted by Crippen LogP contribution is 2.30. The van der Waals surface area contributed by atoms with Crippen LogP contribution in [0.5, 0.6) is 0 Å². The third kappa shape index (κ3) is 2.84. The smallest absolute Gasteiger partial charge is 0.307 e. The molecule has 1 unspecified atom stereocenters. The van der Waals surface area contributed by atoms with Crippen LogP contribution >= 0.6 is 11.3 Å². The summed E-state index contributed by atoms with van der Waals surface area (Å²) < 4.78 is 6.09. The lowest BCUT2D eigenvalue weighted by Crippen LogP contribution is -2.16. The van der Waals surface area contributed by atoms with Gasteiger partial charge in [-0.05, 0) is 24.4 Å². The molecular weight excluding hydrogens is 234 g/mol. The molecule has 3 nitrogen and oxygen atoms in total. The number of esters is 1. The van der Waals surface area contributed by atoms with Gasteiger partial charge in [0.25, 0.3) is 0 Å². The maximum absolute atomic E-state index is 11.3. The van der Waals surface area contributed by atoms with E-state index in [1.807, 2.05) is 24.3 Å². The summed E-state index contributed by atoms with van der Waals surface area (Å²) in [6.07, 6.45) is 0.237. The second-order valence-corrected chi connectivity index (χ2v) is 4.92. The van der Waals surface area contributed by atoms with Crippen LogP contribution < -0.4 is 5.73 Å². The Morgan fingerprint density at radius 1 is 1.47 bits per heavy atom. The Bertz CT molecular complexity index is 488. The van der Waals surface area contributed by atoms with Crippen LogP contribution in [0.1, 0.15) is 24.3 Å². The van der Waals surface area contributed by atoms with Crippen molar-refractivity contribution in [1.82, 2.24) is 0 Å². The van der Waals surface area contributed by atoms with Crippen LogP contribution in [0.2, 0.25) is 0 Å². The summed E-state index contributed by atoms with van der Waals surface area (Å²) >= 11 is 1.63. The van der Waals surface area contributed by atoms with E-state index >= 15 is 0 Å². The van der Waals surface area contributed by atoms with Crippen molar-refractivity contribution in [1.29, 1.82) is 0 Å². The zero-order valence-corrected chi connectivity index (χ0v) is 10.5. The third-order valence-electron chi connectivity index (χ3n) is 2.50. The first-order valence-electron chi connectivity index (χ1n) is 5.60. The number of carbonyl (C=O) groups excluding carboxylic acids is 1. The number of ether oxygens (including phenoxy) is 1. The van der Waals surface area contributed by atoms with Crippen LogP contribution in [0, 0.1) is 0 Å². The number of thiophene rings is 1. The van der Waals surface area contributed by atoms with Gasteiger partial charge in [0.1, 0.15) is 0 Å². The van der Waals surface area contributed by atoms with Crippen LogP contribution in [0.25, 0.3) is 10.1 Å². The SMILES string of the molecule is CCOC(=O)CC(N)c1cc2ccccc2s1. The molecule has 0 fully saturated rings. The van der Waals surface area contributed by atoms with E-state index < -0.39 is 0 Å². The largest absolute Gasteiger partial charge is 0.466 e. The standard InChI is InChI=1S/C13H15NO2S/c1-2-16-13(15)8-10(14)12-7-9-5-3-4-6-11(9)17-12/h3-7,10H,2,8,14H2,1H3. The van der Waals surface area contributed by atoms with Gasteiger partial charge in [-0.2, -0.15) is 0 Å². The summed E-state index contributed by atoms with van der Waals surface area (Å²) in [6, 6.07) is 9.87. The van der Waals surface area contributed by atoms with Crippen LogP contribution in [0.4, 0.5) is 0 Å². The normalized spacial score (nSPS) is 12.6. The Labute approximate surface area is 104 Å². The topological polar surface area (TPSA) is 52.3 Å². The molecule has 0 saturated heterocycles. The lowest BCUT2D eigenvalue weighted by Gasteiger charge is -2.07. The number of rotatable bonds is 4. The summed E-state index contributed by atoms with van der Waals surface area (Å²) in [4.78, 5) is 12.4. The van der Waals surface area contributed by atoms with E-state index in [2.05, 4.69) is 6.07 Å². The van der Waals surface area contributed by atoms with Crippen molar-refractivity contribution in [2.45, 2.75) is 19.4 Å². The van der Waals surface area contributed by atoms with Gasteiger partial charge in [-0.1, -0.05) is 18.2 Å². The molecular formula is C13H15NO2S. The highest BCUT2D eigenvalue weighted by molar-refractivity contribution is 7.19. The molecule has 0 saturated carbocycles. The van der Waals surface area contributed by atoms with Crippen molar-refractivity contribution >= 4 is 27.4 Å². The van der Waals surface area contributed by atoms with Gasteiger partial charge >= 0.3 is 5.97 Å². The fourth-order valence-corrected chi connectivity index (χ4v) is 2.75. The molecule has 0 aliphatic rings. The van der Waals surface area contributed by atoms with Gasteiger partial charge in [-0.15, -0.1) is 11.3 Å². The van der Waals surface area contributed by atoms with Gasteiger partial charge < -0.3 is 10.5 Å². The molecule has 0 aliphatic carbocycles. The molecule has 0 aliphatic heterocycles. The summed E-state index contributed by atoms with van der Waals surface area (Å²) in [5.74, 6) is -0.238. The second-order valence-electron chi connectivity index (χ2n) is 3.80. The Morgan fingerprint density at radius 3 is 2.94 bits per heavy atom. The summed E-state index contributed by atoms with van der Waals surface area (Å²) in [5, 5.41) is 1.17. The second kappa shape index (κ2) is 5.29. The van der Waals surface area contributed by atoms with Gasteiger partial charge in [0.05, 0.1) is 13.0 Å². The number of nitrogens with two attached hydrogens (primary N) is 1. The Morgan fingerprint density at radius 2 is 2.24 bits per heavy atom. The number of hydrogen-bond acceptors (Lipinski definition) is 4. The molecule has 17 heavy (non-hydrogen) atoms. The lowest BCUT2D eigenvalue weighted by molar-refractivity contribution is -0.143. The first kappa shape index (κ1) is 12.1. The van der Waals surface area contributed by atoms with Crippen LogP contribution in [0.3, 0.4) is 0 Å². The van der Waals surface area contributed by atoms with E-state index in [4.69, 9.17) is 10.5 Å². The van der Waals surface area contributed by atoms with Gasteiger partial charge in [-0.3, -0.25) is 4.79 Å². The summed E-state index contributed by atoms with van der Waals surface area (Å²) in [7, 11) is 0. The zero-order valence-electron chi connectivity index (χ0n) is 9.68. The molecule has 0 spiro atoms. The first-order chi connectivity index (χ1) is 8.20. The molecule has 1 aromatic heterocycles. The average molecular weight is 249 g/mol. The lowest BCUT2D eigenvalue weighted by atomic mass is 10.1. The van der Waals surface area contributed by atoms with Crippen molar-refractivity contribution in [3.8, 4) is 0 Å². The van der Waals surface area contributed by atoms with Crippen molar-refractivity contribution in [3.05, 3.63) is 35.2 Å². The fraction of sp³-hybridized carbons (Fsp3) is 0.308. The van der Waals surface area contributed by atoms with Crippen LogP contribution in [-0.2, 0) is 9.53 Å². The Balaban J connectivity index is 2.13. The number of fused-ring (bicyclic) bond motifs is 1. The predicted octanol–water partition coefficient (Wildman–Crippen LogP) is 2.85. The van der Waals surface area contributed by atoms with E-state index in [1.54, 1.807) is 18.3 Å². The minimum absolute atomic E-state index is 0.237. The monoisotopic (exact) mass is 249 g/mol. The van der Waals surface area contributed by atoms with E-state index in [0.29, 0.717) is 6.61 Å². The van der Waals surface area contributed by atoms with Gasteiger partial charge in [0.2, 0.25) is 0 Å². The van der Waals surface area contributed by atoms with E-state index in [1.165, 1.54) is 10.1 Å². The van der Waals surface area contributed by atoms with Crippen LogP contribution in [-0.4, -0.2) is 12.6 Å². The fourth-order valence-electron chi connectivity index (χ4n) is 1.69. The molecule has 4 heteroatoms. The number of hydrogen-bond donors (Lipinski definition) is 1. The van der Waals surface area contributed by atoms with Crippen molar-refractivity contribution < 1.29 is 9.53 Å². The molecule has 2 rings (SSSR count). The molecule has 1 atom stereocenters. The van der Waals surface area contributed by atoms with Gasteiger partial charge in [-0.25, -0.2) is 0 Å². The highest BCUT2D eigenvalue weighted by Gasteiger charge is 2.14. The number of carbonyl (C=O) groups is 1. The maximum Gasteiger partial charge on any atom is 0.307 e. The van der Waals surface area contributed by atoms with E-state index in [9.17, 15) is 4.79 Å². The quantitative estimate of drug-likeness (QED) is 0.848. The molecule has 0 bridgehead atoms. The van der Waals surface area contributed by atoms with E-state index in [0.717, 1.165) is 4.88 Å². The molecule has 2 N–H and O–H groups in total. The number of benzene rings is 1. The summed E-state index contributed by atoms with van der Waals surface area (Å²) in [5.41, 5.74) is 6.00. The predicted molar refractivity (Wildman–Crippen MR) is 70.0 cm³/mol. The minimum atomic E-state index is -0.272. The molecule has 0 radical (unpaired) electrons. The zero-order chi connectivity index (χ0) is 12.3. The van der Waals surface area contributed by atoms with Gasteiger partial charge in [0, 0.05) is 15.6 Å². The van der Waals surface area contributed by atoms with Crippen molar-refractivity contribution in [3.63, 3.8) is 0 Å². The molecule has 1 heterocycles. The van der Waals surface area contributed by atoms with Crippen molar-refractivity contribution in [2.24, 2.45) is 5.73 Å². The molecule has 1 aromatic carbocycles. The van der Waals surface area contributed by atoms with Crippen molar-refractivity contribution in [2.75, 3.05) is 6.61 Å². The van der Waals surface area contributed by atoms with Gasteiger partial charge in [0.15, 0.2) is 0 Å². The maximum atomic E-state index is 11.3. The molecule has 0 amide bonds. The molecule has 2 aromatic rings. The van der Waals surface area contributed by atoms with Crippen LogP contribution in [0.15, 0.2) is 30.3 Å². The minimum Gasteiger partial charge on any atom is -0.466 e. The first-order valence-corrected chi connectivity index (χ1v) is 6.42. The Kier molecular flexibility index (Phi) is 3.76. The average Bonchev–Trinajstić information content (AvgIpc) is 2.72. The highest BCUT2D eigenvalue weighted by atomic mass is 32.1. The Hall–Kier alpha value is -1.39. The molecule has 90 valence electrons. The third-order valence-corrected chi connectivity index (χ3v) is 3.75. The summed E-state index contributed by atoms with van der Waals surface area (Å²) in [6.45, 7) is 2.20. The van der Waals surface area contributed by atoms with E-state index in [-0.39, 0.29) is 18.4 Å².